The van der Waals surface area contributed by atoms with Crippen LogP contribution in [-0.2, 0) is 4.79 Å². The average Bonchev–Trinajstić information content (AvgIpc) is 2.28. The number of hydrogen-bond donors (Lipinski definition) is 2. The van der Waals surface area contributed by atoms with Crippen LogP contribution in [0.2, 0.25) is 0 Å². The lowest BCUT2D eigenvalue weighted by molar-refractivity contribution is -0.133. The fourth-order valence-electron chi connectivity index (χ4n) is 1.13. The van der Waals surface area contributed by atoms with Gasteiger partial charge in [0.25, 0.3) is 5.91 Å². The van der Waals surface area contributed by atoms with E-state index in [1.807, 2.05) is 0 Å². The van der Waals surface area contributed by atoms with E-state index in [0.29, 0.717) is 12.3 Å². The Morgan fingerprint density at radius 2 is 2.18 bits per heavy atom. The van der Waals surface area contributed by atoms with Gasteiger partial charge in [-0.05, 0) is 18.2 Å². The maximum absolute atomic E-state index is 12.8. The van der Waals surface area contributed by atoms with Crippen LogP contribution in [0.15, 0.2) is 24.3 Å². The molecule has 0 aliphatic carbocycles. The molecular formula is C11H12FNO3S. The molecule has 0 aromatic heterocycles. The van der Waals surface area contributed by atoms with Crippen LogP contribution in [0.1, 0.15) is 10.4 Å². The summed E-state index contributed by atoms with van der Waals surface area (Å²) in [5.74, 6) is -1.19. The SMILES string of the molecule is O=C(O)CSCCNC(=O)c1cccc(F)c1. The summed E-state index contributed by atoms with van der Waals surface area (Å²) >= 11 is 1.21. The van der Waals surface area contributed by atoms with E-state index in [4.69, 9.17) is 5.11 Å². The monoisotopic (exact) mass is 257 g/mol. The molecule has 0 spiro atoms. The Morgan fingerprint density at radius 3 is 2.82 bits per heavy atom. The Hall–Kier alpha value is -1.56. The van der Waals surface area contributed by atoms with Crippen molar-refractivity contribution in [3.05, 3.63) is 35.6 Å². The first-order valence-corrected chi connectivity index (χ1v) is 6.08. The van der Waals surface area contributed by atoms with E-state index >= 15 is 0 Å². The van der Waals surface area contributed by atoms with Gasteiger partial charge in [0.05, 0.1) is 5.75 Å². The van der Waals surface area contributed by atoms with E-state index in [1.165, 1.54) is 30.0 Å². The Bertz CT molecular complexity index is 411. The lowest BCUT2D eigenvalue weighted by atomic mass is 10.2. The molecule has 0 saturated carbocycles. The largest absolute Gasteiger partial charge is 0.481 e. The van der Waals surface area contributed by atoms with Gasteiger partial charge in [0, 0.05) is 17.9 Å². The van der Waals surface area contributed by atoms with Crippen molar-refractivity contribution in [2.45, 2.75) is 0 Å². The third kappa shape index (κ3) is 5.35. The van der Waals surface area contributed by atoms with Crippen molar-refractivity contribution >= 4 is 23.6 Å². The highest BCUT2D eigenvalue weighted by Gasteiger charge is 2.05. The molecule has 17 heavy (non-hydrogen) atoms. The summed E-state index contributed by atoms with van der Waals surface area (Å²) in [7, 11) is 0. The summed E-state index contributed by atoms with van der Waals surface area (Å²) in [5, 5.41) is 11.0. The van der Waals surface area contributed by atoms with Crippen molar-refractivity contribution in [2.75, 3.05) is 18.1 Å². The van der Waals surface area contributed by atoms with Gasteiger partial charge in [0.1, 0.15) is 5.82 Å². The van der Waals surface area contributed by atoms with Gasteiger partial charge in [0.15, 0.2) is 0 Å². The maximum Gasteiger partial charge on any atom is 0.313 e. The van der Waals surface area contributed by atoms with E-state index in [2.05, 4.69) is 5.32 Å². The van der Waals surface area contributed by atoms with E-state index < -0.39 is 11.8 Å². The minimum atomic E-state index is -0.883. The minimum absolute atomic E-state index is 0.00976. The Labute approximate surface area is 102 Å². The van der Waals surface area contributed by atoms with Crippen LogP contribution in [0.25, 0.3) is 0 Å². The molecule has 0 radical (unpaired) electrons. The molecule has 1 aromatic rings. The maximum atomic E-state index is 12.8. The second-order valence-corrected chi connectivity index (χ2v) is 4.32. The average molecular weight is 257 g/mol. The molecule has 0 bridgehead atoms. The summed E-state index contributed by atoms with van der Waals surface area (Å²) in [6.45, 7) is 0.354. The third-order valence-electron chi connectivity index (χ3n) is 1.84. The number of aliphatic carboxylic acids is 1. The highest BCUT2D eigenvalue weighted by Crippen LogP contribution is 2.03. The van der Waals surface area contributed by atoms with Gasteiger partial charge in [-0.3, -0.25) is 9.59 Å². The number of carboxylic acid groups (broad SMARTS) is 1. The molecule has 4 nitrogen and oxygen atoms in total. The lowest BCUT2D eigenvalue weighted by Crippen LogP contribution is -2.26. The highest BCUT2D eigenvalue weighted by molar-refractivity contribution is 7.99. The number of carbonyl (C=O) groups excluding carboxylic acids is 1. The second kappa shape index (κ2) is 6.90. The number of rotatable bonds is 6. The molecule has 2 N–H and O–H groups in total. The van der Waals surface area contributed by atoms with Crippen LogP contribution in [0, 0.1) is 5.82 Å². The van der Waals surface area contributed by atoms with E-state index in [1.54, 1.807) is 0 Å². The van der Waals surface area contributed by atoms with E-state index in [9.17, 15) is 14.0 Å². The van der Waals surface area contributed by atoms with Crippen LogP contribution in [0.3, 0.4) is 0 Å². The van der Waals surface area contributed by atoms with Crippen molar-refractivity contribution in [2.24, 2.45) is 0 Å². The van der Waals surface area contributed by atoms with Gasteiger partial charge in [-0.1, -0.05) is 6.07 Å². The van der Waals surface area contributed by atoms with Crippen LogP contribution >= 0.6 is 11.8 Å². The van der Waals surface area contributed by atoms with Gasteiger partial charge in [-0.2, -0.15) is 0 Å². The van der Waals surface area contributed by atoms with Gasteiger partial charge in [-0.15, -0.1) is 11.8 Å². The highest BCUT2D eigenvalue weighted by atomic mass is 32.2. The number of benzene rings is 1. The van der Waals surface area contributed by atoms with Crippen molar-refractivity contribution in [1.82, 2.24) is 5.32 Å². The van der Waals surface area contributed by atoms with Crippen LogP contribution < -0.4 is 5.32 Å². The Morgan fingerprint density at radius 1 is 1.41 bits per heavy atom. The third-order valence-corrected chi connectivity index (χ3v) is 2.79. The number of carbonyl (C=O) groups is 2. The van der Waals surface area contributed by atoms with Crippen LogP contribution in [0.4, 0.5) is 4.39 Å². The van der Waals surface area contributed by atoms with Gasteiger partial charge in [-0.25, -0.2) is 4.39 Å². The Kier molecular flexibility index (Phi) is 5.48. The molecule has 1 amide bonds. The zero-order chi connectivity index (χ0) is 12.7. The standard InChI is InChI=1S/C11H12FNO3S/c12-9-3-1-2-8(6-9)11(16)13-4-5-17-7-10(14)15/h1-3,6H,4-5,7H2,(H,13,16)(H,14,15). The first-order chi connectivity index (χ1) is 8.09. The van der Waals surface area contributed by atoms with Crippen molar-refractivity contribution < 1.29 is 19.1 Å². The second-order valence-electron chi connectivity index (χ2n) is 3.21. The molecule has 1 rings (SSSR count). The summed E-state index contributed by atoms with van der Waals surface area (Å²) < 4.78 is 12.8. The summed E-state index contributed by atoms with van der Waals surface area (Å²) in [6, 6.07) is 5.39. The summed E-state index contributed by atoms with van der Waals surface area (Å²) in [5.41, 5.74) is 0.258. The molecule has 92 valence electrons. The van der Waals surface area contributed by atoms with Crippen LogP contribution in [0.5, 0.6) is 0 Å². The van der Waals surface area contributed by atoms with E-state index in [0.717, 1.165) is 6.07 Å². The number of nitrogens with one attached hydrogen (secondary N) is 1. The zero-order valence-corrected chi connectivity index (χ0v) is 9.80. The molecular weight excluding hydrogens is 245 g/mol. The predicted molar refractivity (Wildman–Crippen MR) is 63.7 cm³/mol. The smallest absolute Gasteiger partial charge is 0.313 e. The number of carboxylic acids is 1. The number of thioether (sulfide) groups is 1. The lowest BCUT2D eigenvalue weighted by Gasteiger charge is -2.04. The number of amides is 1. The molecule has 0 aliphatic heterocycles. The van der Waals surface area contributed by atoms with Crippen LogP contribution in [-0.4, -0.2) is 35.0 Å². The van der Waals surface area contributed by atoms with Gasteiger partial charge < -0.3 is 10.4 Å². The summed E-state index contributed by atoms with van der Waals surface area (Å²) in [4.78, 5) is 21.7. The van der Waals surface area contributed by atoms with Crippen molar-refractivity contribution in [3.63, 3.8) is 0 Å². The van der Waals surface area contributed by atoms with Gasteiger partial charge >= 0.3 is 5.97 Å². The number of hydrogen-bond acceptors (Lipinski definition) is 3. The van der Waals surface area contributed by atoms with Crippen molar-refractivity contribution in [3.8, 4) is 0 Å². The molecule has 0 atom stereocenters. The fraction of sp³-hybridized carbons (Fsp3) is 0.273. The minimum Gasteiger partial charge on any atom is -0.481 e. The molecule has 0 heterocycles. The summed E-state index contributed by atoms with van der Waals surface area (Å²) in [6.07, 6.45) is 0. The predicted octanol–water partition coefficient (Wildman–Crippen LogP) is 1.37. The normalized spacial score (nSPS) is 9.94. The van der Waals surface area contributed by atoms with E-state index in [-0.39, 0.29) is 17.2 Å². The van der Waals surface area contributed by atoms with Gasteiger partial charge in [0.2, 0.25) is 0 Å². The Balaban J connectivity index is 2.28. The molecule has 6 heteroatoms. The quantitative estimate of drug-likeness (QED) is 0.755. The molecule has 0 saturated heterocycles. The molecule has 1 aromatic carbocycles. The molecule has 0 unspecified atom stereocenters. The first-order valence-electron chi connectivity index (χ1n) is 4.93. The molecule has 0 aliphatic rings. The first kappa shape index (κ1) is 13.5. The fourth-order valence-corrected chi connectivity index (χ4v) is 1.69. The zero-order valence-electron chi connectivity index (χ0n) is 8.98. The topological polar surface area (TPSA) is 66.4 Å². The van der Waals surface area contributed by atoms with Crippen molar-refractivity contribution in [1.29, 1.82) is 0 Å². The number of halogens is 1. The molecule has 0 fully saturated rings.